The molecule has 0 amide bonds. The largest absolute Gasteiger partial charge is 0.324 e. The van der Waals surface area contributed by atoms with Crippen LogP contribution in [-0.4, -0.2) is 4.98 Å². The number of aryl methyl sites for hydroxylation is 1. The van der Waals surface area contributed by atoms with E-state index in [1.807, 2.05) is 12.1 Å². The van der Waals surface area contributed by atoms with Crippen LogP contribution in [0.3, 0.4) is 0 Å². The molecule has 2 N–H and O–H groups in total. The van der Waals surface area contributed by atoms with Gasteiger partial charge in [-0.05, 0) is 36.6 Å². The maximum absolute atomic E-state index is 13.5. The first-order chi connectivity index (χ1) is 9.09. The number of hydrogen-bond acceptors (Lipinski definition) is 2. The molecular formula is C14H13F3N2. The summed E-state index contributed by atoms with van der Waals surface area (Å²) >= 11 is 0. The standard InChI is InChI=1S/C14H13F3N2/c15-11-3-2-10(13(16)14(11)17)12(18)4-1-9-5-7-19-8-6-9/h2-3,5-8,12H,1,4,18H2. The van der Waals surface area contributed by atoms with Crippen molar-refractivity contribution >= 4 is 0 Å². The number of hydrogen-bond donors (Lipinski definition) is 1. The zero-order valence-corrected chi connectivity index (χ0v) is 10.1. The van der Waals surface area contributed by atoms with Crippen molar-refractivity contribution in [1.29, 1.82) is 0 Å². The first-order valence-electron chi connectivity index (χ1n) is 5.87. The molecule has 5 heteroatoms. The van der Waals surface area contributed by atoms with Crippen LogP contribution in [0.1, 0.15) is 23.6 Å². The zero-order valence-electron chi connectivity index (χ0n) is 10.1. The number of nitrogens with two attached hydrogens (primary N) is 1. The lowest BCUT2D eigenvalue weighted by Crippen LogP contribution is -2.14. The highest BCUT2D eigenvalue weighted by Crippen LogP contribution is 2.23. The molecule has 2 nitrogen and oxygen atoms in total. The minimum absolute atomic E-state index is 0.00652. The lowest BCUT2D eigenvalue weighted by atomic mass is 9.99. The van der Waals surface area contributed by atoms with Crippen LogP contribution in [0.4, 0.5) is 13.2 Å². The van der Waals surface area contributed by atoms with E-state index in [1.54, 1.807) is 12.4 Å². The van der Waals surface area contributed by atoms with E-state index in [0.717, 1.165) is 11.6 Å². The second-order valence-corrected chi connectivity index (χ2v) is 4.27. The molecule has 2 rings (SSSR count). The van der Waals surface area contributed by atoms with Crippen LogP contribution in [0.2, 0.25) is 0 Å². The Morgan fingerprint density at radius 3 is 2.37 bits per heavy atom. The van der Waals surface area contributed by atoms with Gasteiger partial charge in [0.2, 0.25) is 0 Å². The van der Waals surface area contributed by atoms with Gasteiger partial charge < -0.3 is 5.73 Å². The zero-order chi connectivity index (χ0) is 13.8. The Labute approximate surface area is 109 Å². The van der Waals surface area contributed by atoms with Crippen LogP contribution >= 0.6 is 0 Å². The summed E-state index contributed by atoms with van der Waals surface area (Å²) in [5.41, 5.74) is 6.82. The minimum atomic E-state index is -1.48. The molecule has 1 unspecified atom stereocenters. The topological polar surface area (TPSA) is 38.9 Å². The molecule has 0 bridgehead atoms. The van der Waals surface area contributed by atoms with Gasteiger partial charge in [-0.2, -0.15) is 0 Å². The Morgan fingerprint density at radius 2 is 1.68 bits per heavy atom. The molecule has 100 valence electrons. The Kier molecular flexibility index (Phi) is 4.16. The summed E-state index contributed by atoms with van der Waals surface area (Å²) in [6.45, 7) is 0. The van der Waals surface area contributed by atoms with Crippen molar-refractivity contribution < 1.29 is 13.2 Å². The molecular weight excluding hydrogens is 253 g/mol. The highest BCUT2D eigenvalue weighted by molar-refractivity contribution is 5.23. The third kappa shape index (κ3) is 3.12. The SMILES string of the molecule is NC(CCc1ccncc1)c1ccc(F)c(F)c1F. The molecule has 0 spiro atoms. The predicted molar refractivity (Wildman–Crippen MR) is 65.8 cm³/mol. The van der Waals surface area contributed by atoms with Gasteiger partial charge in [0.25, 0.3) is 0 Å². The third-order valence-corrected chi connectivity index (χ3v) is 2.96. The summed E-state index contributed by atoms with van der Waals surface area (Å²) in [6.07, 6.45) is 4.35. The average molecular weight is 266 g/mol. The van der Waals surface area contributed by atoms with Crippen molar-refractivity contribution in [2.75, 3.05) is 0 Å². The van der Waals surface area contributed by atoms with Crippen molar-refractivity contribution in [2.45, 2.75) is 18.9 Å². The normalized spacial score (nSPS) is 12.4. The van der Waals surface area contributed by atoms with E-state index in [9.17, 15) is 13.2 Å². The molecule has 0 aliphatic rings. The Balaban J connectivity index is 2.08. The molecule has 2 aromatic rings. The van der Waals surface area contributed by atoms with Gasteiger partial charge in [-0.25, -0.2) is 13.2 Å². The lowest BCUT2D eigenvalue weighted by molar-refractivity contribution is 0.433. The van der Waals surface area contributed by atoms with Crippen LogP contribution in [0.15, 0.2) is 36.7 Å². The van der Waals surface area contributed by atoms with Crippen LogP contribution in [0, 0.1) is 17.5 Å². The molecule has 0 saturated heterocycles. The fraction of sp³-hybridized carbons (Fsp3) is 0.214. The molecule has 19 heavy (non-hydrogen) atoms. The fourth-order valence-electron chi connectivity index (χ4n) is 1.85. The van der Waals surface area contributed by atoms with Gasteiger partial charge in [0, 0.05) is 24.0 Å². The van der Waals surface area contributed by atoms with Crippen LogP contribution in [0.5, 0.6) is 0 Å². The summed E-state index contributed by atoms with van der Waals surface area (Å²) in [4.78, 5) is 3.88. The third-order valence-electron chi connectivity index (χ3n) is 2.96. The first kappa shape index (κ1) is 13.5. The monoisotopic (exact) mass is 266 g/mol. The highest BCUT2D eigenvalue weighted by Gasteiger charge is 2.18. The van der Waals surface area contributed by atoms with Gasteiger partial charge in [-0.15, -0.1) is 0 Å². The second-order valence-electron chi connectivity index (χ2n) is 4.27. The molecule has 0 aliphatic heterocycles. The average Bonchev–Trinajstić information content (AvgIpc) is 2.43. The number of benzene rings is 1. The molecule has 0 saturated carbocycles. The highest BCUT2D eigenvalue weighted by atomic mass is 19.2. The Bertz CT molecular complexity index is 558. The van der Waals surface area contributed by atoms with Gasteiger partial charge in [0.15, 0.2) is 17.5 Å². The van der Waals surface area contributed by atoms with Crippen molar-refractivity contribution in [1.82, 2.24) is 4.98 Å². The van der Waals surface area contributed by atoms with Gasteiger partial charge in [0.1, 0.15) is 0 Å². The van der Waals surface area contributed by atoms with Gasteiger partial charge in [-0.3, -0.25) is 4.98 Å². The maximum atomic E-state index is 13.5. The van der Waals surface area contributed by atoms with Crippen molar-refractivity contribution in [3.05, 3.63) is 65.2 Å². The Morgan fingerprint density at radius 1 is 1.00 bits per heavy atom. The number of rotatable bonds is 4. The minimum Gasteiger partial charge on any atom is -0.324 e. The smallest absolute Gasteiger partial charge is 0.194 e. The molecule has 1 heterocycles. The van der Waals surface area contributed by atoms with E-state index in [2.05, 4.69) is 4.98 Å². The summed E-state index contributed by atoms with van der Waals surface area (Å²) in [5.74, 6) is -3.89. The number of aromatic nitrogens is 1. The summed E-state index contributed by atoms with van der Waals surface area (Å²) < 4.78 is 39.4. The van der Waals surface area contributed by atoms with Crippen LogP contribution in [-0.2, 0) is 6.42 Å². The van der Waals surface area contributed by atoms with Gasteiger partial charge in [0.05, 0.1) is 0 Å². The molecule has 0 radical (unpaired) electrons. The summed E-state index contributed by atoms with van der Waals surface area (Å²) in [5, 5.41) is 0. The molecule has 0 fully saturated rings. The number of halogens is 3. The lowest BCUT2D eigenvalue weighted by Gasteiger charge is -2.13. The molecule has 1 atom stereocenters. The number of pyridine rings is 1. The quantitative estimate of drug-likeness (QED) is 0.863. The summed E-state index contributed by atoms with van der Waals surface area (Å²) in [6, 6.07) is 5.05. The maximum Gasteiger partial charge on any atom is 0.194 e. The van der Waals surface area contributed by atoms with Crippen molar-refractivity contribution in [3.63, 3.8) is 0 Å². The van der Waals surface area contributed by atoms with E-state index in [0.29, 0.717) is 12.8 Å². The van der Waals surface area contributed by atoms with E-state index in [4.69, 9.17) is 5.73 Å². The Hall–Kier alpha value is -1.88. The fourth-order valence-corrected chi connectivity index (χ4v) is 1.85. The summed E-state index contributed by atoms with van der Waals surface area (Å²) in [7, 11) is 0. The van der Waals surface area contributed by atoms with E-state index in [-0.39, 0.29) is 5.56 Å². The van der Waals surface area contributed by atoms with Crippen LogP contribution < -0.4 is 5.73 Å². The first-order valence-corrected chi connectivity index (χ1v) is 5.87. The van der Waals surface area contributed by atoms with E-state index in [1.165, 1.54) is 6.07 Å². The van der Waals surface area contributed by atoms with E-state index >= 15 is 0 Å². The molecule has 0 aliphatic carbocycles. The molecule has 1 aromatic carbocycles. The van der Waals surface area contributed by atoms with Gasteiger partial charge in [-0.1, -0.05) is 6.07 Å². The second kappa shape index (κ2) is 5.84. The predicted octanol–water partition coefficient (Wildman–Crippen LogP) is 3.13. The molecule has 1 aromatic heterocycles. The van der Waals surface area contributed by atoms with E-state index < -0.39 is 23.5 Å². The van der Waals surface area contributed by atoms with Gasteiger partial charge >= 0.3 is 0 Å². The van der Waals surface area contributed by atoms with Crippen molar-refractivity contribution in [2.24, 2.45) is 5.73 Å². The van der Waals surface area contributed by atoms with Crippen molar-refractivity contribution in [3.8, 4) is 0 Å². The number of nitrogens with zero attached hydrogens (tertiary/aromatic N) is 1. The van der Waals surface area contributed by atoms with Crippen LogP contribution in [0.25, 0.3) is 0 Å².